The summed E-state index contributed by atoms with van der Waals surface area (Å²) in [4.78, 5) is 24.5. The molecule has 5 nitrogen and oxygen atoms in total. The number of H-pyrrole nitrogens is 1. The molecule has 1 atom stereocenters. The topological polar surface area (TPSA) is 90.4 Å². The number of rotatable bonds is 3. The second-order valence-electron chi connectivity index (χ2n) is 3.53. The SMILES string of the molecule is Cc1[nH]c(C(C)C(=O)O)c(C)c1C(=O)O. The number of hydrogen-bond acceptors (Lipinski definition) is 2. The van der Waals surface area contributed by atoms with Crippen molar-refractivity contribution >= 4 is 11.9 Å². The lowest BCUT2D eigenvalue weighted by atomic mass is 10.0. The third-order valence-electron chi connectivity index (χ3n) is 2.49. The van der Waals surface area contributed by atoms with E-state index in [1.807, 2.05) is 0 Å². The monoisotopic (exact) mass is 211 g/mol. The average Bonchev–Trinajstić information content (AvgIpc) is 2.40. The molecule has 0 saturated carbocycles. The van der Waals surface area contributed by atoms with Gasteiger partial charge in [-0.05, 0) is 26.3 Å². The number of carbonyl (C=O) groups is 2. The summed E-state index contributed by atoms with van der Waals surface area (Å²) >= 11 is 0. The molecule has 3 N–H and O–H groups in total. The lowest BCUT2D eigenvalue weighted by Gasteiger charge is -2.04. The van der Waals surface area contributed by atoms with Crippen LogP contribution >= 0.6 is 0 Å². The highest BCUT2D eigenvalue weighted by Crippen LogP contribution is 2.24. The van der Waals surface area contributed by atoms with Crippen LogP contribution in [0.5, 0.6) is 0 Å². The van der Waals surface area contributed by atoms with Gasteiger partial charge in [-0.15, -0.1) is 0 Å². The van der Waals surface area contributed by atoms with Gasteiger partial charge in [0, 0.05) is 11.4 Å². The van der Waals surface area contributed by atoms with Gasteiger partial charge in [-0.3, -0.25) is 4.79 Å². The minimum atomic E-state index is -1.04. The van der Waals surface area contributed by atoms with E-state index < -0.39 is 17.9 Å². The zero-order valence-corrected chi connectivity index (χ0v) is 8.79. The Morgan fingerprint density at radius 3 is 2.13 bits per heavy atom. The smallest absolute Gasteiger partial charge is 0.337 e. The molecule has 0 aliphatic carbocycles. The van der Waals surface area contributed by atoms with Crippen molar-refractivity contribution < 1.29 is 19.8 Å². The fourth-order valence-electron chi connectivity index (χ4n) is 1.65. The van der Waals surface area contributed by atoms with Crippen molar-refractivity contribution in [3.8, 4) is 0 Å². The molecule has 1 rings (SSSR count). The van der Waals surface area contributed by atoms with Crippen LogP contribution in [0.15, 0.2) is 0 Å². The van der Waals surface area contributed by atoms with Crippen molar-refractivity contribution in [3.63, 3.8) is 0 Å². The van der Waals surface area contributed by atoms with E-state index in [-0.39, 0.29) is 5.56 Å². The first-order chi connectivity index (χ1) is 6.86. The molecular weight excluding hydrogens is 198 g/mol. The maximum absolute atomic E-state index is 10.9. The van der Waals surface area contributed by atoms with Gasteiger partial charge in [0.1, 0.15) is 0 Å². The molecule has 1 heterocycles. The third-order valence-corrected chi connectivity index (χ3v) is 2.49. The van der Waals surface area contributed by atoms with Gasteiger partial charge in [0.25, 0.3) is 0 Å². The van der Waals surface area contributed by atoms with Crippen LogP contribution in [-0.4, -0.2) is 27.1 Å². The second kappa shape index (κ2) is 3.76. The highest BCUT2D eigenvalue weighted by atomic mass is 16.4. The predicted octanol–water partition coefficient (Wildman–Crippen LogP) is 1.52. The number of carboxylic acids is 2. The zero-order chi connectivity index (χ0) is 11.7. The van der Waals surface area contributed by atoms with Gasteiger partial charge in [-0.2, -0.15) is 0 Å². The zero-order valence-electron chi connectivity index (χ0n) is 8.79. The first-order valence-corrected chi connectivity index (χ1v) is 4.51. The van der Waals surface area contributed by atoms with Crippen molar-refractivity contribution in [2.45, 2.75) is 26.7 Å². The Hall–Kier alpha value is -1.78. The Balaban J connectivity index is 3.29. The quantitative estimate of drug-likeness (QED) is 0.706. The van der Waals surface area contributed by atoms with Crippen LogP contribution < -0.4 is 0 Å². The average molecular weight is 211 g/mol. The Kier molecular flexibility index (Phi) is 2.83. The first kappa shape index (κ1) is 11.3. The molecule has 0 amide bonds. The molecule has 0 bridgehead atoms. The van der Waals surface area contributed by atoms with E-state index in [2.05, 4.69) is 4.98 Å². The van der Waals surface area contributed by atoms with E-state index in [0.29, 0.717) is 17.0 Å². The van der Waals surface area contributed by atoms with Crippen LogP contribution in [0.1, 0.15) is 40.2 Å². The largest absolute Gasteiger partial charge is 0.481 e. The van der Waals surface area contributed by atoms with Gasteiger partial charge < -0.3 is 15.2 Å². The van der Waals surface area contributed by atoms with Gasteiger partial charge in [-0.1, -0.05) is 0 Å². The van der Waals surface area contributed by atoms with E-state index in [0.717, 1.165) is 0 Å². The number of aromatic nitrogens is 1. The standard InChI is InChI=1S/C10H13NO4/c1-4-7(10(14)15)6(3)11-8(4)5(2)9(12)13/h5,11H,1-3H3,(H,12,13)(H,14,15). The molecule has 0 fully saturated rings. The molecule has 0 saturated heterocycles. The van der Waals surface area contributed by atoms with Crippen LogP contribution in [0.25, 0.3) is 0 Å². The van der Waals surface area contributed by atoms with Gasteiger partial charge >= 0.3 is 11.9 Å². The van der Waals surface area contributed by atoms with E-state index in [1.165, 1.54) is 6.92 Å². The Morgan fingerprint density at radius 2 is 1.80 bits per heavy atom. The summed E-state index contributed by atoms with van der Waals surface area (Å²) in [6.07, 6.45) is 0. The number of aryl methyl sites for hydroxylation is 1. The second-order valence-corrected chi connectivity index (χ2v) is 3.53. The summed E-state index contributed by atoms with van der Waals surface area (Å²) in [5.41, 5.74) is 1.61. The summed E-state index contributed by atoms with van der Waals surface area (Å²) in [6, 6.07) is 0. The summed E-state index contributed by atoms with van der Waals surface area (Å²) in [6.45, 7) is 4.75. The van der Waals surface area contributed by atoms with Crippen molar-refractivity contribution in [1.82, 2.24) is 4.98 Å². The lowest BCUT2D eigenvalue weighted by molar-refractivity contribution is -0.138. The van der Waals surface area contributed by atoms with Gasteiger partial charge in [0.15, 0.2) is 0 Å². The van der Waals surface area contributed by atoms with Crippen LogP contribution in [0.2, 0.25) is 0 Å². The number of carboxylic acid groups (broad SMARTS) is 2. The summed E-state index contributed by atoms with van der Waals surface area (Å²) in [5, 5.41) is 17.7. The molecule has 1 aromatic rings. The molecule has 0 aliphatic heterocycles. The number of aliphatic carboxylic acids is 1. The minimum absolute atomic E-state index is 0.165. The van der Waals surface area contributed by atoms with Gasteiger partial charge in [0.05, 0.1) is 11.5 Å². The maximum atomic E-state index is 10.9. The molecular formula is C10H13NO4. The molecule has 0 spiro atoms. The third kappa shape index (κ3) is 1.86. The Labute approximate surface area is 86.7 Å². The van der Waals surface area contributed by atoms with Crippen molar-refractivity contribution in [1.29, 1.82) is 0 Å². The number of nitrogens with one attached hydrogen (secondary N) is 1. The predicted molar refractivity (Wildman–Crippen MR) is 53.3 cm³/mol. The Bertz CT molecular complexity index is 419. The lowest BCUT2D eigenvalue weighted by Crippen LogP contribution is -2.09. The number of aromatic amines is 1. The highest BCUT2D eigenvalue weighted by Gasteiger charge is 2.23. The molecule has 0 radical (unpaired) electrons. The van der Waals surface area contributed by atoms with E-state index in [4.69, 9.17) is 10.2 Å². The normalized spacial score (nSPS) is 12.5. The molecule has 15 heavy (non-hydrogen) atoms. The molecule has 1 unspecified atom stereocenters. The summed E-state index contributed by atoms with van der Waals surface area (Å²) < 4.78 is 0. The number of hydrogen-bond donors (Lipinski definition) is 3. The van der Waals surface area contributed by atoms with Crippen LogP contribution in [0, 0.1) is 13.8 Å². The maximum Gasteiger partial charge on any atom is 0.337 e. The van der Waals surface area contributed by atoms with Crippen molar-refractivity contribution in [3.05, 3.63) is 22.5 Å². The van der Waals surface area contributed by atoms with Crippen LogP contribution in [0.3, 0.4) is 0 Å². The molecule has 82 valence electrons. The van der Waals surface area contributed by atoms with E-state index >= 15 is 0 Å². The summed E-state index contributed by atoms with van der Waals surface area (Å²) in [5.74, 6) is -2.74. The minimum Gasteiger partial charge on any atom is -0.481 e. The molecule has 0 aliphatic rings. The van der Waals surface area contributed by atoms with Crippen molar-refractivity contribution in [2.75, 3.05) is 0 Å². The summed E-state index contributed by atoms with van der Waals surface area (Å²) in [7, 11) is 0. The van der Waals surface area contributed by atoms with E-state index in [1.54, 1.807) is 13.8 Å². The van der Waals surface area contributed by atoms with Crippen LogP contribution in [-0.2, 0) is 4.79 Å². The number of aromatic carboxylic acids is 1. The van der Waals surface area contributed by atoms with Gasteiger partial charge in [0.2, 0.25) is 0 Å². The van der Waals surface area contributed by atoms with Crippen molar-refractivity contribution in [2.24, 2.45) is 0 Å². The molecule has 5 heteroatoms. The van der Waals surface area contributed by atoms with Gasteiger partial charge in [-0.25, -0.2) is 4.79 Å². The molecule has 1 aromatic heterocycles. The van der Waals surface area contributed by atoms with Crippen LogP contribution in [0.4, 0.5) is 0 Å². The fourth-order valence-corrected chi connectivity index (χ4v) is 1.65. The molecule has 0 aromatic carbocycles. The highest BCUT2D eigenvalue weighted by molar-refractivity contribution is 5.92. The first-order valence-electron chi connectivity index (χ1n) is 4.51. The van der Waals surface area contributed by atoms with E-state index in [9.17, 15) is 9.59 Å². The fraction of sp³-hybridized carbons (Fsp3) is 0.400. The Morgan fingerprint density at radius 1 is 1.27 bits per heavy atom.